The molecule has 0 atom stereocenters. The van der Waals surface area contributed by atoms with Gasteiger partial charge in [-0.05, 0) is 48.9 Å². The van der Waals surface area contributed by atoms with E-state index in [0.717, 1.165) is 33.7 Å². The van der Waals surface area contributed by atoms with Gasteiger partial charge in [-0.15, -0.1) is 5.10 Å². The van der Waals surface area contributed by atoms with Crippen LogP contribution in [0.2, 0.25) is 0 Å². The molecule has 1 N–H and O–H groups in total. The Hall–Kier alpha value is -3.93. The van der Waals surface area contributed by atoms with Gasteiger partial charge in [-0.3, -0.25) is 0 Å². The molecule has 0 radical (unpaired) electrons. The smallest absolute Gasteiger partial charge is 0.186 e. The Morgan fingerprint density at radius 2 is 1.70 bits per heavy atom. The summed E-state index contributed by atoms with van der Waals surface area (Å²) in [5, 5.41) is 13.3. The molecule has 3 aromatic carbocycles. The number of anilines is 1. The molecular formula is C24H21N5O. The van der Waals surface area contributed by atoms with Gasteiger partial charge in [0.05, 0.1) is 12.6 Å². The lowest BCUT2D eigenvalue weighted by Gasteiger charge is -2.11. The van der Waals surface area contributed by atoms with Gasteiger partial charge in [0.25, 0.3) is 0 Å². The number of nitrogens with zero attached hydrogens (tertiary/aromatic N) is 4. The van der Waals surface area contributed by atoms with Crippen LogP contribution in [0.25, 0.3) is 27.8 Å². The van der Waals surface area contributed by atoms with Crippen LogP contribution in [-0.2, 0) is 6.54 Å². The molecule has 0 bridgehead atoms. The number of aromatic nitrogens is 4. The predicted molar refractivity (Wildman–Crippen MR) is 119 cm³/mol. The van der Waals surface area contributed by atoms with Gasteiger partial charge in [-0.2, -0.15) is 4.52 Å². The minimum absolute atomic E-state index is 0.687. The zero-order valence-electron chi connectivity index (χ0n) is 16.8. The SMILES string of the molecule is COc1ccc(-c2nnn3c2nc(NCc2ccc(C)cc2)c2ccccc23)cc1. The molecule has 6 nitrogen and oxygen atoms in total. The summed E-state index contributed by atoms with van der Waals surface area (Å²) in [6.07, 6.45) is 0. The number of benzene rings is 3. The monoisotopic (exact) mass is 395 g/mol. The van der Waals surface area contributed by atoms with Gasteiger partial charge in [-0.25, -0.2) is 4.98 Å². The molecule has 6 heteroatoms. The Kier molecular flexibility index (Phi) is 4.52. The van der Waals surface area contributed by atoms with E-state index >= 15 is 0 Å². The summed E-state index contributed by atoms with van der Waals surface area (Å²) in [4.78, 5) is 4.91. The average Bonchev–Trinajstić information content (AvgIpc) is 3.23. The second kappa shape index (κ2) is 7.48. The molecule has 30 heavy (non-hydrogen) atoms. The summed E-state index contributed by atoms with van der Waals surface area (Å²) < 4.78 is 7.06. The number of aryl methyl sites for hydroxylation is 1. The van der Waals surface area contributed by atoms with Gasteiger partial charge >= 0.3 is 0 Å². The van der Waals surface area contributed by atoms with Gasteiger partial charge in [-0.1, -0.05) is 47.2 Å². The number of para-hydroxylation sites is 1. The normalized spacial score (nSPS) is 11.1. The maximum Gasteiger partial charge on any atom is 0.186 e. The minimum Gasteiger partial charge on any atom is -0.497 e. The fourth-order valence-corrected chi connectivity index (χ4v) is 3.53. The summed E-state index contributed by atoms with van der Waals surface area (Å²) >= 11 is 0. The van der Waals surface area contributed by atoms with E-state index < -0.39 is 0 Å². The van der Waals surface area contributed by atoms with Crippen molar-refractivity contribution in [2.24, 2.45) is 0 Å². The molecule has 148 valence electrons. The van der Waals surface area contributed by atoms with E-state index in [9.17, 15) is 0 Å². The van der Waals surface area contributed by atoms with Crippen LogP contribution in [0.5, 0.6) is 5.75 Å². The van der Waals surface area contributed by atoms with Gasteiger partial charge < -0.3 is 10.1 Å². The van der Waals surface area contributed by atoms with Crippen LogP contribution in [0.4, 0.5) is 5.82 Å². The molecule has 0 fully saturated rings. The topological polar surface area (TPSA) is 64.3 Å². The molecule has 0 saturated heterocycles. The van der Waals surface area contributed by atoms with Crippen molar-refractivity contribution >= 4 is 22.4 Å². The molecule has 5 rings (SSSR count). The zero-order valence-corrected chi connectivity index (χ0v) is 16.8. The zero-order chi connectivity index (χ0) is 20.5. The first kappa shape index (κ1) is 18.1. The van der Waals surface area contributed by atoms with Crippen molar-refractivity contribution in [2.75, 3.05) is 12.4 Å². The molecule has 0 unspecified atom stereocenters. The van der Waals surface area contributed by atoms with Crippen LogP contribution in [0, 0.1) is 6.92 Å². The van der Waals surface area contributed by atoms with Crippen molar-refractivity contribution < 1.29 is 4.74 Å². The third-order valence-electron chi connectivity index (χ3n) is 5.20. The maximum atomic E-state index is 5.27. The Morgan fingerprint density at radius 1 is 0.933 bits per heavy atom. The van der Waals surface area contributed by atoms with E-state index in [0.29, 0.717) is 12.2 Å². The molecule has 0 aliphatic heterocycles. The third kappa shape index (κ3) is 3.22. The predicted octanol–water partition coefficient (Wildman–Crippen LogP) is 4.87. The van der Waals surface area contributed by atoms with Crippen molar-refractivity contribution in [3.63, 3.8) is 0 Å². The standard InChI is InChI=1S/C24H21N5O/c1-16-7-9-17(10-8-16)15-25-23-20-5-3-4-6-21(20)29-24(26-23)22(27-28-29)18-11-13-19(30-2)14-12-18/h3-14H,15H2,1-2H3,(H,25,26). The van der Waals surface area contributed by atoms with E-state index in [2.05, 4.69) is 46.8 Å². The van der Waals surface area contributed by atoms with Crippen molar-refractivity contribution in [3.05, 3.63) is 83.9 Å². The largest absolute Gasteiger partial charge is 0.497 e. The first-order chi connectivity index (χ1) is 14.7. The van der Waals surface area contributed by atoms with Gasteiger partial charge in [0.1, 0.15) is 17.3 Å². The molecule has 0 saturated carbocycles. The van der Waals surface area contributed by atoms with Crippen molar-refractivity contribution in [3.8, 4) is 17.0 Å². The minimum atomic E-state index is 0.687. The summed E-state index contributed by atoms with van der Waals surface area (Å²) in [7, 11) is 1.66. The number of nitrogens with one attached hydrogen (secondary N) is 1. The Morgan fingerprint density at radius 3 is 2.47 bits per heavy atom. The Balaban J connectivity index is 1.60. The summed E-state index contributed by atoms with van der Waals surface area (Å²) in [5.74, 6) is 1.62. The fourth-order valence-electron chi connectivity index (χ4n) is 3.53. The highest BCUT2D eigenvalue weighted by molar-refractivity contribution is 5.93. The molecule has 5 aromatic rings. The molecule has 0 aliphatic rings. The number of fused-ring (bicyclic) bond motifs is 3. The van der Waals surface area contributed by atoms with Crippen LogP contribution >= 0.6 is 0 Å². The van der Waals surface area contributed by atoms with E-state index in [1.165, 1.54) is 11.1 Å². The first-order valence-corrected chi connectivity index (χ1v) is 9.81. The van der Waals surface area contributed by atoms with Crippen LogP contribution < -0.4 is 10.1 Å². The lowest BCUT2D eigenvalue weighted by atomic mass is 10.1. The Bertz CT molecular complexity index is 1320. The molecule has 0 aliphatic carbocycles. The Labute approximate surface area is 174 Å². The molecule has 2 heterocycles. The number of ether oxygens (including phenoxy) is 1. The molecule has 0 amide bonds. The van der Waals surface area contributed by atoms with Crippen LogP contribution in [0.3, 0.4) is 0 Å². The lowest BCUT2D eigenvalue weighted by Crippen LogP contribution is -2.05. The van der Waals surface area contributed by atoms with Crippen LogP contribution in [0.1, 0.15) is 11.1 Å². The third-order valence-corrected chi connectivity index (χ3v) is 5.20. The van der Waals surface area contributed by atoms with Crippen LogP contribution in [-0.4, -0.2) is 26.9 Å². The second-order valence-corrected chi connectivity index (χ2v) is 7.22. The highest BCUT2D eigenvalue weighted by Gasteiger charge is 2.15. The van der Waals surface area contributed by atoms with Crippen molar-refractivity contribution in [2.45, 2.75) is 13.5 Å². The fraction of sp³-hybridized carbons (Fsp3) is 0.125. The number of hydrogen-bond donors (Lipinski definition) is 1. The molecular weight excluding hydrogens is 374 g/mol. The highest BCUT2D eigenvalue weighted by atomic mass is 16.5. The molecule has 0 spiro atoms. The van der Waals surface area contributed by atoms with Crippen LogP contribution in [0.15, 0.2) is 72.8 Å². The van der Waals surface area contributed by atoms with Crippen molar-refractivity contribution in [1.29, 1.82) is 0 Å². The van der Waals surface area contributed by atoms with E-state index in [4.69, 9.17) is 9.72 Å². The second-order valence-electron chi connectivity index (χ2n) is 7.22. The summed E-state index contributed by atoms with van der Waals surface area (Å²) in [6.45, 7) is 2.78. The lowest BCUT2D eigenvalue weighted by molar-refractivity contribution is 0.415. The number of rotatable bonds is 5. The number of methoxy groups -OCH3 is 1. The van der Waals surface area contributed by atoms with Gasteiger partial charge in [0, 0.05) is 17.5 Å². The molecule has 2 aromatic heterocycles. The average molecular weight is 395 g/mol. The van der Waals surface area contributed by atoms with Gasteiger partial charge in [0.15, 0.2) is 5.65 Å². The van der Waals surface area contributed by atoms with Crippen molar-refractivity contribution in [1.82, 2.24) is 19.8 Å². The number of hydrogen-bond acceptors (Lipinski definition) is 5. The quantitative estimate of drug-likeness (QED) is 0.460. The van der Waals surface area contributed by atoms with E-state index in [1.54, 1.807) is 11.6 Å². The van der Waals surface area contributed by atoms with Gasteiger partial charge in [0.2, 0.25) is 0 Å². The van der Waals surface area contributed by atoms with E-state index in [1.807, 2.05) is 48.5 Å². The summed E-state index contributed by atoms with van der Waals surface area (Å²) in [6, 6.07) is 24.4. The maximum absolute atomic E-state index is 5.27. The highest BCUT2D eigenvalue weighted by Crippen LogP contribution is 2.29. The first-order valence-electron chi connectivity index (χ1n) is 9.81. The van der Waals surface area contributed by atoms with E-state index in [-0.39, 0.29) is 0 Å². The summed E-state index contributed by atoms with van der Waals surface area (Å²) in [5.41, 5.74) is 5.80.